The summed E-state index contributed by atoms with van der Waals surface area (Å²) in [5, 5.41) is 9.81. The molecule has 0 rings (SSSR count). The van der Waals surface area contributed by atoms with Crippen LogP contribution >= 0.6 is 0 Å². The summed E-state index contributed by atoms with van der Waals surface area (Å²) in [5.41, 5.74) is 1.07. The molecular formula is C7H11O3. The maximum absolute atomic E-state index is 10.2. The van der Waals surface area contributed by atoms with Crippen LogP contribution in [0, 0.1) is 0 Å². The van der Waals surface area contributed by atoms with Crippen molar-refractivity contribution in [1.82, 2.24) is 0 Å². The van der Waals surface area contributed by atoms with Crippen molar-refractivity contribution >= 4 is 5.97 Å². The van der Waals surface area contributed by atoms with Crippen LogP contribution in [0.5, 0.6) is 0 Å². The van der Waals surface area contributed by atoms with Gasteiger partial charge in [0.05, 0.1) is 0 Å². The van der Waals surface area contributed by atoms with Gasteiger partial charge < -0.3 is 4.74 Å². The van der Waals surface area contributed by atoms with Gasteiger partial charge in [-0.1, -0.05) is 5.57 Å². The zero-order valence-electron chi connectivity index (χ0n) is 6.22. The highest BCUT2D eigenvalue weighted by Crippen LogP contribution is 1.88. The predicted octanol–water partition coefficient (Wildman–Crippen LogP) is 0.926. The molecule has 57 valence electrons. The summed E-state index contributed by atoms with van der Waals surface area (Å²) in [6.45, 7) is 3.20. The Morgan fingerprint density at radius 1 is 1.50 bits per heavy atom. The topological polar surface area (TPSA) is 46.2 Å². The van der Waals surface area contributed by atoms with Crippen molar-refractivity contribution in [2.45, 2.75) is 13.8 Å². The number of hydrogen-bond acceptors (Lipinski definition) is 2. The van der Waals surface area contributed by atoms with Gasteiger partial charge in [-0.2, -0.15) is 0 Å². The largest absolute Gasteiger partial charge is 0.460 e. The van der Waals surface area contributed by atoms with Gasteiger partial charge in [-0.05, 0) is 19.9 Å². The molecular weight excluding hydrogens is 132 g/mol. The van der Waals surface area contributed by atoms with Gasteiger partial charge in [0.1, 0.15) is 6.61 Å². The maximum Gasteiger partial charge on any atom is 0.335 e. The minimum absolute atomic E-state index is 0.212. The van der Waals surface area contributed by atoms with Gasteiger partial charge in [-0.25, -0.2) is 9.90 Å². The molecule has 0 spiro atoms. The molecule has 0 atom stereocenters. The van der Waals surface area contributed by atoms with Crippen LogP contribution in [0.2, 0.25) is 0 Å². The molecule has 0 aliphatic rings. The Bertz CT molecular complexity index is 134. The van der Waals surface area contributed by atoms with Crippen LogP contribution in [-0.4, -0.2) is 19.2 Å². The highest BCUT2D eigenvalue weighted by molar-refractivity contribution is 5.70. The van der Waals surface area contributed by atoms with Gasteiger partial charge >= 0.3 is 5.97 Å². The molecule has 0 saturated carbocycles. The Kier molecular flexibility index (Phi) is 4.58. The van der Waals surface area contributed by atoms with Crippen molar-refractivity contribution in [3.63, 3.8) is 0 Å². The summed E-state index contributed by atoms with van der Waals surface area (Å²) in [5.74, 6) is -0.697. The van der Waals surface area contributed by atoms with E-state index in [0.29, 0.717) is 0 Å². The van der Waals surface area contributed by atoms with Gasteiger partial charge in [-0.3, -0.25) is 0 Å². The van der Waals surface area contributed by atoms with E-state index in [1.165, 1.54) is 0 Å². The molecule has 0 N–H and O–H groups in total. The molecule has 3 nitrogen and oxygen atoms in total. The Labute approximate surface area is 60.3 Å². The first-order valence-corrected chi connectivity index (χ1v) is 3.04. The lowest BCUT2D eigenvalue weighted by molar-refractivity contribution is -0.147. The van der Waals surface area contributed by atoms with Crippen molar-refractivity contribution in [3.05, 3.63) is 11.6 Å². The summed E-state index contributed by atoms with van der Waals surface area (Å²) >= 11 is 0. The van der Waals surface area contributed by atoms with Crippen molar-refractivity contribution in [1.29, 1.82) is 0 Å². The van der Waals surface area contributed by atoms with Crippen LogP contribution in [0.1, 0.15) is 13.8 Å². The zero-order valence-corrected chi connectivity index (χ0v) is 6.22. The average Bonchev–Trinajstić information content (AvgIpc) is 1.87. The third kappa shape index (κ3) is 5.31. The van der Waals surface area contributed by atoms with Crippen LogP contribution in [0.25, 0.3) is 0 Å². The second kappa shape index (κ2) is 4.99. The number of carbonyl (C=O) groups excluding carboxylic acids is 1. The molecule has 0 fully saturated rings. The predicted molar refractivity (Wildman–Crippen MR) is 35.9 cm³/mol. The molecule has 0 amide bonds. The first-order valence-electron chi connectivity index (χ1n) is 3.04. The van der Waals surface area contributed by atoms with Gasteiger partial charge in [0.2, 0.25) is 0 Å². The molecule has 0 aliphatic carbocycles. The summed E-state index contributed by atoms with van der Waals surface area (Å²) < 4.78 is 4.47. The molecule has 0 saturated heterocycles. The molecule has 0 heterocycles. The average molecular weight is 143 g/mol. The maximum atomic E-state index is 10.2. The minimum Gasteiger partial charge on any atom is -0.460 e. The fourth-order valence-corrected chi connectivity index (χ4v) is 0.343. The van der Waals surface area contributed by atoms with Crippen LogP contribution in [0.4, 0.5) is 0 Å². The molecule has 0 bridgehead atoms. The van der Waals surface area contributed by atoms with Gasteiger partial charge in [0.25, 0.3) is 0 Å². The molecule has 0 unspecified atom stereocenters. The van der Waals surface area contributed by atoms with Crippen LogP contribution < -0.4 is 0 Å². The van der Waals surface area contributed by atoms with Crippen LogP contribution in [0.3, 0.4) is 0 Å². The van der Waals surface area contributed by atoms with E-state index in [-0.39, 0.29) is 6.61 Å². The van der Waals surface area contributed by atoms with Gasteiger partial charge in [0, 0.05) is 0 Å². The summed E-state index contributed by atoms with van der Waals surface area (Å²) in [4.78, 5) is 10.2. The van der Waals surface area contributed by atoms with Crippen LogP contribution in [0.15, 0.2) is 11.6 Å². The van der Waals surface area contributed by atoms with E-state index in [4.69, 9.17) is 0 Å². The van der Waals surface area contributed by atoms with Crippen molar-refractivity contribution in [3.8, 4) is 0 Å². The Hall–Kier alpha value is -0.830. The Morgan fingerprint density at radius 3 is 2.50 bits per heavy atom. The van der Waals surface area contributed by atoms with E-state index < -0.39 is 12.6 Å². The summed E-state index contributed by atoms with van der Waals surface area (Å²) in [6.07, 6.45) is 1.74. The normalized spacial score (nSPS) is 8.70. The van der Waals surface area contributed by atoms with E-state index in [2.05, 4.69) is 4.74 Å². The van der Waals surface area contributed by atoms with Crippen molar-refractivity contribution < 1.29 is 14.6 Å². The van der Waals surface area contributed by atoms with Gasteiger partial charge in [0.15, 0.2) is 6.61 Å². The monoisotopic (exact) mass is 143 g/mol. The molecule has 0 aromatic heterocycles. The molecule has 10 heavy (non-hydrogen) atoms. The fourth-order valence-electron chi connectivity index (χ4n) is 0.343. The van der Waals surface area contributed by atoms with Gasteiger partial charge in [-0.15, -0.1) is 0 Å². The van der Waals surface area contributed by atoms with E-state index in [1.807, 2.05) is 13.8 Å². The van der Waals surface area contributed by atoms with E-state index in [9.17, 15) is 9.90 Å². The first-order chi connectivity index (χ1) is 4.66. The number of esters is 1. The number of hydrogen-bond donors (Lipinski definition) is 0. The lowest BCUT2D eigenvalue weighted by Crippen LogP contribution is -2.07. The van der Waals surface area contributed by atoms with E-state index >= 15 is 0 Å². The molecule has 0 aromatic rings. The standard InChI is InChI=1S/C7H11O3/c1-6(2)3-4-10-7(9)5-8/h3H,4-5H2,1-2H3. The number of ether oxygens (including phenoxy) is 1. The second-order valence-electron chi connectivity index (χ2n) is 2.11. The summed E-state index contributed by atoms with van der Waals surface area (Å²) in [6, 6.07) is 0. The highest BCUT2D eigenvalue weighted by atomic mass is 16.5. The number of rotatable bonds is 3. The second-order valence-corrected chi connectivity index (χ2v) is 2.11. The van der Waals surface area contributed by atoms with Crippen LogP contribution in [-0.2, 0) is 14.6 Å². The molecule has 3 heteroatoms. The lowest BCUT2D eigenvalue weighted by atomic mass is 10.3. The Balaban J connectivity index is 3.37. The molecule has 0 aromatic carbocycles. The number of carbonyl (C=O) groups is 1. The third-order valence-corrected chi connectivity index (χ3v) is 0.854. The number of allylic oxidation sites excluding steroid dienone is 1. The molecule has 0 aliphatic heterocycles. The van der Waals surface area contributed by atoms with E-state index in [0.717, 1.165) is 5.57 Å². The zero-order chi connectivity index (χ0) is 7.98. The smallest absolute Gasteiger partial charge is 0.335 e. The highest BCUT2D eigenvalue weighted by Gasteiger charge is 1.96. The summed E-state index contributed by atoms with van der Waals surface area (Å²) in [7, 11) is 0. The quantitative estimate of drug-likeness (QED) is 0.435. The molecule has 1 radical (unpaired) electrons. The van der Waals surface area contributed by atoms with Crippen molar-refractivity contribution in [2.24, 2.45) is 0 Å². The third-order valence-electron chi connectivity index (χ3n) is 0.854. The minimum atomic E-state index is -0.795. The first kappa shape index (κ1) is 9.17. The lowest BCUT2D eigenvalue weighted by Gasteiger charge is -1.96. The Morgan fingerprint density at radius 2 is 2.10 bits per heavy atom. The van der Waals surface area contributed by atoms with E-state index in [1.54, 1.807) is 6.08 Å². The fraction of sp³-hybridized carbons (Fsp3) is 0.571. The van der Waals surface area contributed by atoms with Crippen molar-refractivity contribution in [2.75, 3.05) is 13.2 Å². The SMILES string of the molecule is CC(C)=CCOC(=O)C[O].